The van der Waals surface area contributed by atoms with Gasteiger partial charge in [-0.25, -0.2) is 0 Å². The van der Waals surface area contributed by atoms with Gasteiger partial charge in [0, 0.05) is 17.6 Å². The molecule has 1 saturated heterocycles. The van der Waals surface area contributed by atoms with Crippen LogP contribution in [0.25, 0.3) is 0 Å². The number of rotatable bonds is 5. The Morgan fingerprint density at radius 2 is 1.32 bits per heavy atom. The Hall–Kier alpha value is -2.14. The van der Waals surface area contributed by atoms with Crippen LogP contribution in [-0.2, 0) is 10.2 Å². The highest BCUT2D eigenvalue weighted by Gasteiger charge is 2.53. The molecule has 1 fully saturated rings. The maximum Gasteiger partial charge on any atom is 0.316 e. The molecule has 0 atom stereocenters. The summed E-state index contributed by atoms with van der Waals surface area (Å²) in [5.41, 5.74) is 2.31. The molecular weight excluding hydrogens is 438 g/mol. The zero-order valence-corrected chi connectivity index (χ0v) is 17.6. The largest absolute Gasteiger partial charge is 0.481 e. The van der Waals surface area contributed by atoms with Crippen LogP contribution in [0.1, 0.15) is 22.7 Å². The van der Waals surface area contributed by atoms with E-state index >= 15 is 0 Å². The number of carbonyl (C=O) groups is 1. The van der Waals surface area contributed by atoms with Gasteiger partial charge in [0.05, 0.1) is 6.04 Å². The van der Waals surface area contributed by atoms with Crippen LogP contribution in [0.5, 0.6) is 0 Å². The number of likely N-dealkylation sites (tertiary alicyclic amines) is 1. The summed E-state index contributed by atoms with van der Waals surface area (Å²) in [6.07, 6.45) is 0. The number of halogens is 2. The van der Waals surface area contributed by atoms with Crippen molar-refractivity contribution < 1.29 is 9.90 Å². The van der Waals surface area contributed by atoms with Gasteiger partial charge in [0.2, 0.25) is 0 Å². The van der Waals surface area contributed by atoms with E-state index in [2.05, 4.69) is 45.1 Å². The van der Waals surface area contributed by atoms with E-state index in [4.69, 9.17) is 0 Å². The molecule has 3 nitrogen and oxygen atoms in total. The number of aliphatic carboxylic acids is 1. The van der Waals surface area contributed by atoms with Crippen LogP contribution in [0, 0.1) is 0 Å². The molecule has 144 valence electrons. The first kappa shape index (κ1) is 20.6. The molecule has 0 aromatic heterocycles. The number of benzene rings is 3. The summed E-state index contributed by atoms with van der Waals surface area (Å²) in [5.74, 6) is -0.773. The van der Waals surface area contributed by atoms with Crippen molar-refractivity contribution in [1.29, 1.82) is 0 Å². The molecule has 1 heterocycles. The quantitative estimate of drug-likeness (QED) is 0.564. The van der Waals surface area contributed by atoms with Crippen molar-refractivity contribution >= 4 is 34.3 Å². The molecule has 28 heavy (non-hydrogen) atoms. The van der Waals surface area contributed by atoms with E-state index in [1.54, 1.807) is 0 Å². The van der Waals surface area contributed by atoms with Crippen molar-refractivity contribution in [1.82, 2.24) is 4.90 Å². The van der Waals surface area contributed by atoms with Crippen molar-refractivity contribution in [2.24, 2.45) is 0 Å². The van der Waals surface area contributed by atoms with Gasteiger partial charge < -0.3 is 5.11 Å². The van der Waals surface area contributed by atoms with Crippen LogP contribution in [0.2, 0.25) is 0 Å². The first-order valence-electron chi connectivity index (χ1n) is 8.94. The Balaban J connectivity index is 0.00000225. The average molecular weight is 459 g/mol. The van der Waals surface area contributed by atoms with Crippen LogP contribution in [0.15, 0.2) is 89.4 Å². The lowest BCUT2D eigenvalue weighted by Gasteiger charge is -2.51. The minimum Gasteiger partial charge on any atom is -0.481 e. The van der Waals surface area contributed by atoms with Gasteiger partial charge in [-0.15, -0.1) is 12.4 Å². The van der Waals surface area contributed by atoms with Crippen molar-refractivity contribution in [3.05, 3.63) is 106 Å². The molecular formula is C23H21BrClNO2. The van der Waals surface area contributed by atoms with Gasteiger partial charge in [0.1, 0.15) is 5.41 Å². The number of carboxylic acids is 1. The highest BCUT2D eigenvalue weighted by atomic mass is 79.9. The summed E-state index contributed by atoms with van der Waals surface area (Å²) in [4.78, 5) is 14.5. The lowest BCUT2D eigenvalue weighted by Crippen LogP contribution is -2.64. The molecule has 0 amide bonds. The predicted octanol–water partition coefficient (Wildman–Crippen LogP) is 5.30. The lowest BCUT2D eigenvalue weighted by atomic mass is 9.72. The van der Waals surface area contributed by atoms with Gasteiger partial charge in [0.25, 0.3) is 0 Å². The molecule has 3 aromatic carbocycles. The number of carboxylic acid groups (broad SMARTS) is 1. The molecule has 0 aliphatic carbocycles. The highest BCUT2D eigenvalue weighted by Crippen LogP contribution is 2.44. The van der Waals surface area contributed by atoms with E-state index in [-0.39, 0.29) is 18.4 Å². The van der Waals surface area contributed by atoms with Crippen molar-refractivity contribution in [3.8, 4) is 0 Å². The molecule has 1 aliphatic heterocycles. The molecule has 0 bridgehead atoms. The monoisotopic (exact) mass is 457 g/mol. The summed E-state index contributed by atoms with van der Waals surface area (Å²) in [6.45, 7) is 0.943. The maximum absolute atomic E-state index is 12.2. The summed E-state index contributed by atoms with van der Waals surface area (Å²) in [5, 5.41) is 10.1. The van der Waals surface area contributed by atoms with Crippen molar-refractivity contribution in [2.75, 3.05) is 13.1 Å². The molecule has 3 aromatic rings. The number of hydrogen-bond donors (Lipinski definition) is 1. The van der Waals surface area contributed by atoms with E-state index in [1.165, 1.54) is 11.1 Å². The predicted molar refractivity (Wildman–Crippen MR) is 117 cm³/mol. The zero-order valence-electron chi connectivity index (χ0n) is 15.2. The lowest BCUT2D eigenvalue weighted by molar-refractivity contribution is -0.152. The number of nitrogens with zero attached hydrogens (tertiary/aromatic N) is 1. The summed E-state index contributed by atoms with van der Waals surface area (Å²) in [6, 6.07) is 28.2. The van der Waals surface area contributed by atoms with E-state index in [0.717, 1.165) is 10.0 Å². The van der Waals surface area contributed by atoms with Crippen molar-refractivity contribution in [3.63, 3.8) is 0 Å². The SMILES string of the molecule is Cl.O=C(O)C1(c2ccccc2Br)CN(C(c2ccccc2)c2ccccc2)C1. The zero-order chi connectivity index (χ0) is 18.9. The fourth-order valence-electron chi connectivity index (χ4n) is 3.98. The second kappa shape index (κ2) is 8.48. The van der Waals surface area contributed by atoms with E-state index < -0.39 is 11.4 Å². The van der Waals surface area contributed by atoms with E-state index in [0.29, 0.717) is 13.1 Å². The molecule has 0 saturated carbocycles. The molecule has 5 heteroatoms. The van der Waals surface area contributed by atoms with Crippen LogP contribution >= 0.6 is 28.3 Å². The van der Waals surface area contributed by atoms with Gasteiger partial charge in [-0.3, -0.25) is 9.69 Å². The average Bonchev–Trinajstić information content (AvgIpc) is 2.66. The normalized spacial score (nSPS) is 15.5. The first-order chi connectivity index (χ1) is 13.1. The topological polar surface area (TPSA) is 40.5 Å². The third-order valence-electron chi connectivity index (χ3n) is 5.34. The Morgan fingerprint density at radius 3 is 1.79 bits per heavy atom. The Kier molecular flexibility index (Phi) is 6.23. The maximum atomic E-state index is 12.2. The smallest absolute Gasteiger partial charge is 0.316 e. The highest BCUT2D eigenvalue weighted by molar-refractivity contribution is 9.10. The van der Waals surface area contributed by atoms with Gasteiger partial charge in [-0.2, -0.15) is 0 Å². The van der Waals surface area contributed by atoms with E-state index in [9.17, 15) is 9.90 Å². The standard InChI is InChI=1S/C23H20BrNO2.ClH/c24-20-14-8-7-13-19(20)23(22(26)27)15-25(16-23)21(17-9-3-1-4-10-17)18-11-5-2-6-12-18;/h1-14,21H,15-16H2,(H,26,27);1H. The third kappa shape index (κ3) is 3.60. The van der Waals surface area contributed by atoms with Gasteiger partial charge in [-0.05, 0) is 22.8 Å². The summed E-state index contributed by atoms with van der Waals surface area (Å²) >= 11 is 3.54. The van der Waals surface area contributed by atoms with Crippen LogP contribution in [0.4, 0.5) is 0 Å². The van der Waals surface area contributed by atoms with Gasteiger partial charge >= 0.3 is 5.97 Å². The molecule has 0 unspecified atom stereocenters. The van der Waals surface area contributed by atoms with Gasteiger partial charge in [-0.1, -0.05) is 94.8 Å². The summed E-state index contributed by atoms with van der Waals surface area (Å²) < 4.78 is 0.850. The summed E-state index contributed by atoms with van der Waals surface area (Å²) in [7, 11) is 0. The third-order valence-corrected chi connectivity index (χ3v) is 6.03. The number of hydrogen-bond acceptors (Lipinski definition) is 2. The Labute approximate surface area is 179 Å². The molecule has 1 aliphatic rings. The van der Waals surface area contributed by atoms with Gasteiger partial charge in [0.15, 0.2) is 0 Å². The molecule has 4 rings (SSSR count). The van der Waals surface area contributed by atoms with Crippen molar-refractivity contribution in [2.45, 2.75) is 11.5 Å². The van der Waals surface area contributed by atoms with Crippen LogP contribution < -0.4 is 0 Å². The molecule has 0 spiro atoms. The second-order valence-corrected chi connectivity index (χ2v) is 7.85. The minimum absolute atomic E-state index is 0. The second-order valence-electron chi connectivity index (χ2n) is 7.00. The fraction of sp³-hybridized carbons (Fsp3) is 0.174. The van der Waals surface area contributed by atoms with Crippen LogP contribution in [-0.4, -0.2) is 29.1 Å². The molecule has 0 radical (unpaired) electrons. The first-order valence-corrected chi connectivity index (χ1v) is 9.73. The fourth-order valence-corrected chi connectivity index (χ4v) is 4.65. The molecule has 1 N–H and O–H groups in total. The Morgan fingerprint density at radius 1 is 0.857 bits per heavy atom. The Bertz CT molecular complexity index is 904. The van der Waals surface area contributed by atoms with Crippen LogP contribution in [0.3, 0.4) is 0 Å². The van der Waals surface area contributed by atoms with E-state index in [1.807, 2.05) is 60.7 Å². The minimum atomic E-state index is -0.887.